The van der Waals surface area contributed by atoms with Crippen LogP contribution in [0.15, 0.2) is 53.3 Å². The summed E-state index contributed by atoms with van der Waals surface area (Å²) in [6.45, 7) is 0. The number of amides is 1. The fourth-order valence-corrected chi connectivity index (χ4v) is 3.19. The first kappa shape index (κ1) is 17.9. The summed E-state index contributed by atoms with van der Waals surface area (Å²) in [5.74, 6) is 1.64. The minimum absolute atomic E-state index is 0.174. The summed E-state index contributed by atoms with van der Waals surface area (Å²) in [6.07, 6.45) is 3.53. The van der Waals surface area contributed by atoms with Gasteiger partial charge in [0, 0.05) is 13.2 Å². The predicted octanol–water partition coefficient (Wildman–Crippen LogP) is 2.46. The van der Waals surface area contributed by atoms with Crippen LogP contribution in [-0.4, -0.2) is 42.4 Å². The second kappa shape index (κ2) is 6.99. The largest absolute Gasteiger partial charge is 0.497 e. The molecule has 1 aromatic carbocycles. The average molecular weight is 403 g/mol. The first-order valence-electron chi connectivity index (χ1n) is 9.17. The molecule has 4 heterocycles. The Morgan fingerprint density at radius 1 is 1.17 bits per heavy atom. The standard InChI is InChI=1S/C20H17N7O3/c1-26-11-14-17(24-26)23-20(21-16(28)10-12-5-7-13(29-2)8-6-12)27-19(14)22-18(25-27)15-4-3-9-30-15/h3-9,11H,10H2,1-2H3,(H,21,23,24,28). The number of nitrogens with zero attached hydrogens (tertiary/aromatic N) is 6. The molecule has 0 aliphatic rings. The van der Waals surface area contributed by atoms with Crippen LogP contribution in [0, 0.1) is 0 Å². The lowest BCUT2D eigenvalue weighted by Crippen LogP contribution is -2.18. The molecule has 4 aromatic heterocycles. The van der Waals surface area contributed by atoms with Gasteiger partial charge in [-0.15, -0.1) is 5.10 Å². The van der Waals surface area contributed by atoms with Gasteiger partial charge in [-0.05, 0) is 29.8 Å². The molecule has 1 N–H and O–H groups in total. The molecule has 0 bridgehead atoms. The van der Waals surface area contributed by atoms with Gasteiger partial charge in [0.15, 0.2) is 17.1 Å². The molecule has 0 spiro atoms. The van der Waals surface area contributed by atoms with E-state index in [1.807, 2.05) is 24.3 Å². The number of methoxy groups -OCH3 is 1. The Balaban J connectivity index is 1.52. The lowest BCUT2D eigenvalue weighted by atomic mass is 10.1. The van der Waals surface area contributed by atoms with Crippen LogP contribution in [0.3, 0.4) is 0 Å². The predicted molar refractivity (Wildman–Crippen MR) is 108 cm³/mol. The van der Waals surface area contributed by atoms with Crippen molar-refractivity contribution in [2.75, 3.05) is 12.4 Å². The number of hydrogen-bond donors (Lipinski definition) is 1. The van der Waals surface area contributed by atoms with Crippen molar-refractivity contribution in [2.24, 2.45) is 7.05 Å². The molecule has 150 valence electrons. The van der Waals surface area contributed by atoms with Gasteiger partial charge in [-0.25, -0.2) is 4.98 Å². The van der Waals surface area contributed by atoms with E-state index in [1.54, 1.807) is 43.4 Å². The van der Waals surface area contributed by atoms with Crippen LogP contribution >= 0.6 is 0 Å². The topological polar surface area (TPSA) is 112 Å². The van der Waals surface area contributed by atoms with E-state index < -0.39 is 0 Å². The van der Waals surface area contributed by atoms with Gasteiger partial charge in [0.2, 0.25) is 17.7 Å². The maximum absolute atomic E-state index is 12.7. The number of ether oxygens (including phenoxy) is 1. The zero-order chi connectivity index (χ0) is 20.7. The number of anilines is 1. The Morgan fingerprint density at radius 2 is 2.00 bits per heavy atom. The lowest BCUT2D eigenvalue weighted by molar-refractivity contribution is -0.115. The fourth-order valence-electron chi connectivity index (χ4n) is 3.19. The normalized spacial score (nSPS) is 11.3. The summed E-state index contributed by atoms with van der Waals surface area (Å²) in [7, 11) is 3.39. The summed E-state index contributed by atoms with van der Waals surface area (Å²) in [6, 6.07) is 10.8. The Hall–Kier alpha value is -4.21. The van der Waals surface area contributed by atoms with Gasteiger partial charge in [0.05, 0.1) is 25.2 Å². The van der Waals surface area contributed by atoms with Crippen LogP contribution in [0.1, 0.15) is 5.56 Å². The summed E-state index contributed by atoms with van der Waals surface area (Å²) in [5.41, 5.74) is 1.83. The Labute approximate surface area is 170 Å². The van der Waals surface area contributed by atoms with Crippen molar-refractivity contribution in [1.29, 1.82) is 0 Å². The van der Waals surface area contributed by atoms with Gasteiger partial charge in [0.25, 0.3) is 0 Å². The van der Waals surface area contributed by atoms with Gasteiger partial charge in [0.1, 0.15) is 5.75 Å². The first-order chi connectivity index (χ1) is 14.6. The Morgan fingerprint density at radius 3 is 2.73 bits per heavy atom. The summed E-state index contributed by atoms with van der Waals surface area (Å²) < 4.78 is 13.7. The number of fused-ring (bicyclic) bond motifs is 3. The first-order valence-corrected chi connectivity index (χ1v) is 9.17. The number of aryl methyl sites for hydroxylation is 1. The van der Waals surface area contributed by atoms with Crippen molar-refractivity contribution in [3.8, 4) is 17.3 Å². The number of benzene rings is 1. The van der Waals surface area contributed by atoms with Crippen LogP contribution in [0.4, 0.5) is 5.95 Å². The molecule has 0 aliphatic carbocycles. The molecule has 10 nitrogen and oxygen atoms in total. The van der Waals surface area contributed by atoms with Crippen LogP contribution < -0.4 is 10.1 Å². The zero-order valence-corrected chi connectivity index (χ0v) is 16.2. The van der Waals surface area contributed by atoms with Gasteiger partial charge in [-0.2, -0.15) is 14.6 Å². The zero-order valence-electron chi connectivity index (χ0n) is 16.2. The van der Waals surface area contributed by atoms with Crippen molar-refractivity contribution in [2.45, 2.75) is 6.42 Å². The molecule has 0 fully saturated rings. The molecule has 1 amide bonds. The molecule has 10 heteroatoms. The van der Waals surface area contributed by atoms with Gasteiger partial charge >= 0.3 is 0 Å². The number of rotatable bonds is 5. The fraction of sp³-hybridized carbons (Fsp3) is 0.150. The van der Waals surface area contributed by atoms with Crippen molar-refractivity contribution in [3.63, 3.8) is 0 Å². The smallest absolute Gasteiger partial charge is 0.234 e. The third-order valence-corrected chi connectivity index (χ3v) is 4.59. The number of nitrogens with one attached hydrogen (secondary N) is 1. The minimum atomic E-state index is -0.237. The third kappa shape index (κ3) is 3.13. The minimum Gasteiger partial charge on any atom is -0.497 e. The molecule has 0 saturated carbocycles. The van der Waals surface area contributed by atoms with E-state index in [1.165, 1.54) is 4.52 Å². The van der Waals surface area contributed by atoms with Crippen molar-refractivity contribution in [3.05, 3.63) is 54.4 Å². The Bertz CT molecular complexity index is 1350. The SMILES string of the molecule is COc1ccc(CC(=O)Nc2nc3nn(C)cc3c3nc(-c4ccco4)nn23)cc1. The molecular weight excluding hydrogens is 386 g/mol. The van der Waals surface area contributed by atoms with Crippen molar-refractivity contribution >= 4 is 28.5 Å². The molecule has 0 radical (unpaired) electrons. The molecule has 5 aromatic rings. The highest BCUT2D eigenvalue weighted by Crippen LogP contribution is 2.24. The average Bonchev–Trinajstić information content (AvgIpc) is 3.47. The molecule has 0 atom stereocenters. The second-order valence-corrected chi connectivity index (χ2v) is 6.70. The maximum atomic E-state index is 12.7. The monoisotopic (exact) mass is 403 g/mol. The van der Waals surface area contributed by atoms with E-state index in [9.17, 15) is 4.79 Å². The van der Waals surface area contributed by atoms with Gasteiger partial charge < -0.3 is 9.15 Å². The number of furan rings is 1. The van der Waals surface area contributed by atoms with E-state index in [4.69, 9.17) is 9.15 Å². The van der Waals surface area contributed by atoms with E-state index in [0.717, 1.165) is 16.7 Å². The molecule has 0 aliphatic heterocycles. The highest BCUT2D eigenvalue weighted by Gasteiger charge is 2.19. The molecular formula is C20H17N7O3. The van der Waals surface area contributed by atoms with Crippen molar-refractivity contribution < 1.29 is 13.9 Å². The summed E-state index contributed by atoms with van der Waals surface area (Å²) in [4.78, 5) is 21.7. The Kier molecular flexibility index (Phi) is 4.16. The maximum Gasteiger partial charge on any atom is 0.234 e. The number of aromatic nitrogens is 6. The molecule has 30 heavy (non-hydrogen) atoms. The lowest BCUT2D eigenvalue weighted by Gasteiger charge is -2.07. The van der Waals surface area contributed by atoms with E-state index in [-0.39, 0.29) is 18.3 Å². The number of carbonyl (C=O) groups is 1. The van der Waals surface area contributed by atoms with Crippen LogP contribution in [-0.2, 0) is 18.3 Å². The highest BCUT2D eigenvalue weighted by atomic mass is 16.5. The molecule has 0 saturated heterocycles. The summed E-state index contributed by atoms with van der Waals surface area (Å²) in [5, 5.41) is 12.4. The third-order valence-electron chi connectivity index (χ3n) is 4.59. The second-order valence-electron chi connectivity index (χ2n) is 6.70. The van der Waals surface area contributed by atoms with Gasteiger partial charge in [-0.1, -0.05) is 12.1 Å². The van der Waals surface area contributed by atoms with Gasteiger partial charge in [-0.3, -0.25) is 14.8 Å². The van der Waals surface area contributed by atoms with Crippen molar-refractivity contribution in [1.82, 2.24) is 29.4 Å². The van der Waals surface area contributed by atoms with E-state index >= 15 is 0 Å². The van der Waals surface area contributed by atoms with Crippen LogP contribution in [0.5, 0.6) is 5.75 Å². The van der Waals surface area contributed by atoms with E-state index in [2.05, 4.69) is 25.5 Å². The van der Waals surface area contributed by atoms with Crippen LogP contribution in [0.25, 0.3) is 28.3 Å². The number of carbonyl (C=O) groups excluding carboxylic acids is 1. The van der Waals surface area contributed by atoms with Crippen LogP contribution in [0.2, 0.25) is 0 Å². The summed E-state index contributed by atoms with van der Waals surface area (Å²) >= 11 is 0. The quantitative estimate of drug-likeness (QED) is 0.480. The number of hydrogen-bond acceptors (Lipinski definition) is 7. The van der Waals surface area contributed by atoms with E-state index in [0.29, 0.717) is 22.9 Å². The highest BCUT2D eigenvalue weighted by molar-refractivity contribution is 5.95. The molecule has 0 unspecified atom stereocenters. The molecule has 5 rings (SSSR count).